The van der Waals surface area contributed by atoms with Gasteiger partial charge in [-0.2, -0.15) is 0 Å². The van der Waals surface area contributed by atoms with E-state index in [1.807, 2.05) is 32.0 Å². The Morgan fingerprint density at radius 3 is 2.95 bits per heavy atom. The van der Waals surface area contributed by atoms with Gasteiger partial charge in [0, 0.05) is 6.42 Å². The van der Waals surface area contributed by atoms with Crippen molar-refractivity contribution in [2.24, 2.45) is 5.92 Å². The van der Waals surface area contributed by atoms with Gasteiger partial charge in [-0.15, -0.1) is 0 Å². The minimum absolute atomic E-state index is 0.113. The second kappa shape index (κ2) is 6.43. The first-order valence-corrected chi connectivity index (χ1v) is 6.44. The molecule has 1 aliphatic rings. The third-order valence-corrected chi connectivity index (χ3v) is 2.68. The molecule has 0 radical (unpaired) electrons. The number of benzene rings is 1. The van der Waals surface area contributed by atoms with Gasteiger partial charge in [-0.3, -0.25) is 9.63 Å². The molecular weight excluding hydrogens is 246 g/mol. The number of fused-ring (bicyclic) bond motifs is 1. The van der Waals surface area contributed by atoms with Gasteiger partial charge in [0.15, 0.2) is 11.5 Å². The topological polar surface area (TPSA) is 56.8 Å². The number of amides is 1. The number of rotatable bonds is 6. The number of nitrogens with one attached hydrogen (secondary N) is 1. The Hall–Kier alpha value is -1.75. The third-order valence-electron chi connectivity index (χ3n) is 2.68. The van der Waals surface area contributed by atoms with Gasteiger partial charge in [-0.1, -0.05) is 19.9 Å². The van der Waals surface area contributed by atoms with Gasteiger partial charge >= 0.3 is 0 Å². The molecule has 0 saturated heterocycles. The average Bonchev–Trinajstić information content (AvgIpc) is 2.83. The van der Waals surface area contributed by atoms with Crippen LogP contribution in [0.1, 0.15) is 25.8 Å². The predicted octanol–water partition coefficient (Wildman–Crippen LogP) is 2.05. The van der Waals surface area contributed by atoms with Crippen molar-refractivity contribution in [3.8, 4) is 11.5 Å². The summed E-state index contributed by atoms with van der Waals surface area (Å²) in [5.41, 5.74) is 3.49. The summed E-state index contributed by atoms with van der Waals surface area (Å²) in [7, 11) is 0. The lowest BCUT2D eigenvalue weighted by molar-refractivity contribution is -0.134. The van der Waals surface area contributed by atoms with Crippen LogP contribution in [0.15, 0.2) is 18.2 Å². The molecule has 0 spiro atoms. The van der Waals surface area contributed by atoms with Crippen LogP contribution in [0.25, 0.3) is 0 Å². The lowest BCUT2D eigenvalue weighted by atomic mass is 10.1. The number of ether oxygens (including phenoxy) is 2. The van der Waals surface area contributed by atoms with Crippen molar-refractivity contribution >= 4 is 5.91 Å². The van der Waals surface area contributed by atoms with Crippen molar-refractivity contribution in [3.05, 3.63) is 23.8 Å². The number of aryl methyl sites for hydroxylation is 1. The molecule has 5 nitrogen and oxygen atoms in total. The van der Waals surface area contributed by atoms with Crippen molar-refractivity contribution in [2.75, 3.05) is 13.4 Å². The molecule has 1 N–H and O–H groups in total. The van der Waals surface area contributed by atoms with Crippen molar-refractivity contribution in [2.45, 2.75) is 26.7 Å². The molecule has 19 heavy (non-hydrogen) atoms. The van der Waals surface area contributed by atoms with Gasteiger partial charge in [0.2, 0.25) is 12.7 Å². The molecule has 0 bridgehead atoms. The molecule has 1 aromatic rings. The number of carbonyl (C=O) groups is 1. The van der Waals surface area contributed by atoms with Crippen molar-refractivity contribution < 1.29 is 19.1 Å². The second-order valence-corrected chi connectivity index (χ2v) is 4.92. The summed E-state index contributed by atoms with van der Waals surface area (Å²) < 4.78 is 10.5. The number of carbonyl (C=O) groups excluding carboxylic acids is 1. The van der Waals surface area contributed by atoms with Gasteiger partial charge in [0.05, 0.1) is 6.61 Å². The highest BCUT2D eigenvalue weighted by Gasteiger charge is 2.13. The Labute approximate surface area is 112 Å². The Morgan fingerprint density at radius 2 is 2.16 bits per heavy atom. The van der Waals surface area contributed by atoms with E-state index in [0.29, 0.717) is 25.4 Å². The zero-order chi connectivity index (χ0) is 13.7. The van der Waals surface area contributed by atoms with Gasteiger partial charge in [-0.05, 0) is 30.0 Å². The number of hydrogen-bond acceptors (Lipinski definition) is 4. The van der Waals surface area contributed by atoms with E-state index in [-0.39, 0.29) is 12.7 Å². The molecule has 104 valence electrons. The van der Waals surface area contributed by atoms with Crippen molar-refractivity contribution in [1.29, 1.82) is 0 Å². The highest BCUT2D eigenvalue weighted by atomic mass is 16.7. The fraction of sp³-hybridized carbons (Fsp3) is 0.500. The van der Waals surface area contributed by atoms with Gasteiger partial charge in [0.25, 0.3) is 0 Å². The lowest BCUT2D eigenvalue weighted by Crippen LogP contribution is -2.25. The van der Waals surface area contributed by atoms with E-state index in [2.05, 4.69) is 5.48 Å². The largest absolute Gasteiger partial charge is 0.454 e. The second-order valence-electron chi connectivity index (χ2n) is 4.92. The fourth-order valence-electron chi connectivity index (χ4n) is 1.69. The summed E-state index contributed by atoms with van der Waals surface area (Å²) in [6.45, 7) is 4.84. The third kappa shape index (κ3) is 4.13. The zero-order valence-electron chi connectivity index (χ0n) is 11.3. The molecule has 0 atom stereocenters. The van der Waals surface area contributed by atoms with Gasteiger partial charge in [0.1, 0.15) is 0 Å². The Balaban J connectivity index is 1.74. The molecule has 1 aromatic carbocycles. The Bertz CT molecular complexity index is 445. The van der Waals surface area contributed by atoms with E-state index in [1.165, 1.54) is 0 Å². The van der Waals surface area contributed by atoms with Crippen LogP contribution in [0.2, 0.25) is 0 Å². The highest BCUT2D eigenvalue weighted by Crippen LogP contribution is 2.32. The summed E-state index contributed by atoms with van der Waals surface area (Å²) in [5.74, 6) is 1.79. The molecule has 2 rings (SSSR count). The van der Waals surface area contributed by atoms with Gasteiger partial charge in [-0.25, -0.2) is 5.48 Å². The maximum Gasteiger partial charge on any atom is 0.243 e. The summed E-state index contributed by atoms with van der Waals surface area (Å²) >= 11 is 0. The SMILES string of the molecule is CC(C)CONC(=O)CCc1ccc2c(c1)OCO2. The van der Waals surface area contributed by atoms with Crippen molar-refractivity contribution in [1.82, 2.24) is 5.48 Å². The maximum absolute atomic E-state index is 11.5. The smallest absolute Gasteiger partial charge is 0.243 e. The number of hydroxylamine groups is 1. The zero-order valence-corrected chi connectivity index (χ0v) is 11.3. The lowest BCUT2D eigenvalue weighted by Gasteiger charge is -2.08. The molecule has 1 amide bonds. The van der Waals surface area contributed by atoms with Crippen LogP contribution in [0.4, 0.5) is 0 Å². The van der Waals surface area contributed by atoms with Crippen LogP contribution in [-0.4, -0.2) is 19.3 Å². The van der Waals surface area contributed by atoms with E-state index < -0.39 is 0 Å². The first kappa shape index (κ1) is 13.7. The van der Waals surface area contributed by atoms with Crippen LogP contribution in [-0.2, 0) is 16.1 Å². The summed E-state index contributed by atoms with van der Waals surface area (Å²) in [6.07, 6.45) is 1.03. The number of hydrogen-bond donors (Lipinski definition) is 1. The average molecular weight is 265 g/mol. The van der Waals surface area contributed by atoms with Crippen LogP contribution in [0.5, 0.6) is 11.5 Å². The minimum atomic E-state index is -0.113. The first-order valence-electron chi connectivity index (χ1n) is 6.44. The Morgan fingerprint density at radius 1 is 1.37 bits per heavy atom. The van der Waals surface area contributed by atoms with Gasteiger partial charge < -0.3 is 9.47 Å². The Kier molecular flexibility index (Phi) is 4.63. The fourth-order valence-corrected chi connectivity index (χ4v) is 1.69. The van der Waals surface area contributed by atoms with Crippen LogP contribution < -0.4 is 15.0 Å². The molecule has 0 saturated carbocycles. The molecule has 0 fully saturated rings. The van der Waals surface area contributed by atoms with Crippen molar-refractivity contribution in [3.63, 3.8) is 0 Å². The standard InChI is InChI=1S/C14H19NO4/c1-10(2)8-19-15-14(16)6-4-11-3-5-12-13(7-11)18-9-17-12/h3,5,7,10H,4,6,8-9H2,1-2H3,(H,15,16). The summed E-state index contributed by atoms with van der Waals surface area (Å²) in [5, 5.41) is 0. The highest BCUT2D eigenvalue weighted by molar-refractivity contribution is 5.75. The molecule has 0 aromatic heterocycles. The van der Waals surface area contributed by atoms with E-state index in [1.54, 1.807) is 0 Å². The molecule has 1 heterocycles. The van der Waals surface area contributed by atoms with Crippen LogP contribution >= 0.6 is 0 Å². The quantitative estimate of drug-likeness (QED) is 0.800. The monoisotopic (exact) mass is 265 g/mol. The molecule has 5 heteroatoms. The normalized spacial score (nSPS) is 12.8. The molecule has 0 unspecified atom stereocenters. The minimum Gasteiger partial charge on any atom is -0.454 e. The molecule has 0 aliphatic carbocycles. The first-order chi connectivity index (χ1) is 9.15. The van der Waals surface area contributed by atoms with E-state index >= 15 is 0 Å². The predicted molar refractivity (Wildman–Crippen MR) is 69.8 cm³/mol. The van der Waals surface area contributed by atoms with Crippen LogP contribution in [0, 0.1) is 5.92 Å². The summed E-state index contributed by atoms with van der Waals surface area (Å²) in [6, 6.07) is 5.71. The van der Waals surface area contributed by atoms with E-state index in [9.17, 15) is 4.79 Å². The molecular formula is C14H19NO4. The molecule has 1 aliphatic heterocycles. The van der Waals surface area contributed by atoms with E-state index in [4.69, 9.17) is 14.3 Å². The van der Waals surface area contributed by atoms with Crippen LogP contribution in [0.3, 0.4) is 0 Å². The van der Waals surface area contributed by atoms with E-state index in [0.717, 1.165) is 17.1 Å². The maximum atomic E-state index is 11.5. The summed E-state index contributed by atoms with van der Waals surface area (Å²) in [4.78, 5) is 16.6.